The molecule has 1 heterocycles. The Morgan fingerprint density at radius 2 is 1.68 bits per heavy atom. The van der Waals surface area contributed by atoms with Gasteiger partial charge in [-0.3, -0.25) is 4.90 Å². The summed E-state index contributed by atoms with van der Waals surface area (Å²) in [6, 6.07) is 17.0. The first-order chi connectivity index (χ1) is 15.2. The summed E-state index contributed by atoms with van der Waals surface area (Å²) in [7, 11) is 1.68. The molecule has 1 aliphatic rings. The van der Waals surface area contributed by atoms with Crippen LogP contribution in [0.15, 0.2) is 48.5 Å². The van der Waals surface area contributed by atoms with Gasteiger partial charge >= 0.3 is 0 Å². The van der Waals surface area contributed by atoms with Gasteiger partial charge in [0.15, 0.2) is 5.11 Å². The van der Waals surface area contributed by atoms with Crippen molar-refractivity contribution < 1.29 is 9.47 Å². The monoisotopic (exact) mass is 441 g/mol. The van der Waals surface area contributed by atoms with Gasteiger partial charge in [0.1, 0.15) is 5.75 Å². The molecule has 3 rings (SSSR count). The van der Waals surface area contributed by atoms with Gasteiger partial charge in [0.2, 0.25) is 0 Å². The van der Waals surface area contributed by atoms with Crippen LogP contribution in [0.25, 0.3) is 0 Å². The lowest BCUT2D eigenvalue weighted by Crippen LogP contribution is -2.42. The summed E-state index contributed by atoms with van der Waals surface area (Å²) in [5.41, 5.74) is 3.84. The number of nitrogens with zero attached hydrogens (tertiary/aromatic N) is 2. The van der Waals surface area contributed by atoms with Crippen molar-refractivity contribution in [2.45, 2.75) is 32.9 Å². The Morgan fingerprint density at radius 1 is 1.03 bits per heavy atom. The standard InChI is InChI=1S/C25H35N3O2S/c1-3-21-5-7-23(8-6-21)20-28(14-4-13-27-15-17-30-18-16-27)25(31)26-19-22-9-11-24(29-2)12-10-22/h5-12H,3-4,13-20H2,1-2H3,(H,26,31). The molecule has 0 unspecified atom stereocenters. The largest absolute Gasteiger partial charge is 0.497 e. The zero-order chi connectivity index (χ0) is 21.9. The van der Waals surface area contributed by atoms with Crippen LogP contribution in [0.4, 0.5) is 0 Å². The summed E-state index contributed by atoms with van der Waals surface area (Å²) in [5, 5.41) is 4.25. The van der Waals surface area contributed by atoms with E-state index in [0.717, 1.165) is 69.6 Å². The highest BCUT2D eigenvalue weighted by Crippen LogP contribution is 2.12. The number of nitrogens with one attached hydrogen (secondary N) is 1. The number of hydrogen-bond donors (Lipinski definition) is 1. The van der Waals surface area contributed by atoms with Crippen LogP contribution in [0, 0.1) is 0 Å². The van der Waals surface area contributed by atoms with E-state index in [1.165, 1.54) is 16.7 Å². The van der Waals surface area contributed by atoms with E-state index < -0.39 is 0 Å². The molecule has 6 heteroatoms. The predicted molar refractivity (Wildman–Crippen MR) is 131 cm³/mol. The first-order valence-electron chi connectivity index (χ1n) is 11.2. The van der Waals surface area contributed by atoms with Crippen molar-refractivity contribution in [3.05, 3.63) is 65.2 Å². The Labute approximate surface area is 192 Å². The topological polar surface area (TPSA) is 37.0 Å². The Balaban J connectivity index is 1.57. The smallest absolute Gasteiger partial charge is 0.169 e. The molecule has 1 N–H and O–H groups in total. The Kier molecular flexibility index (Phi) is 9.59. The zero-order valence-electron chi connectivity index (χ0n) is 18.8. The zero-order valence-corrected chi connectivity index (χ0v) is 19.6. The molecule has 1 aliphatic heterocycles. The number of thiocarbonyl (C=S) groups is 1. The van der Waals surface area contributed by atoms with Crippen molar-refractivity contribution in [3.63, 3.8) is 0 Å². The molecule has 0 bridgehead atoms. The van der Waals surface area contributed by atoms with E-state index in [-0.39, 0.29) is 0 Å². The van der Waals surface area contributed by atoms with Gasteiger partial charge in [0.05, 0.1) is 20.3 Å². The highest BCUT2D eigenvalue weighted by atomic mass is 32.1. The molecule has 5 nitrogen and oxygen atoms in total. The summed E-state index contributed by atoms with van der Waals surface area (Å²) in [6.45, 7) is 9.46. The van der Waals surface area contributed by atoms with Gasteiger partial charge in [-0.1, -0.05) is 43.3 Å². The summed E-state index contributed by atoms with van der Waals surface area (Å²) in [5.74, 6) is 0.867. The van der Waals surface area contributed by atoms with Gasteiger partial charge < -0.3 is 19.7 Å². The minimum atomic E-state index is 0.706. The molecule has 0 aliphatic carbocycles. The molecule has 1 fully saturated rings. The van der Waals surface area contributed by atoms with Crippen LogP contribution in [0.5, 0.6) is 5.75 Å². The minimum Gasteiger partial charge on any atom is -0.497 e. The Morgan fingerprint density at radius 3 is 2.32 bits per heavy atom. The van der Waals surface area contributed by atoms with Gasteiger partial charge in [-0.25, -0.2) is 0 Å². The number of hydrogen-bond acceptors (Lipinski definition) is 4. The molecule has 0 aromatic heterocycles. The van der Waals surface area contributed by atoms with Crippen LogP contribution in [0.3, 0.4) is 0 Å². The predicted octanol–water partition coefficient (Wildman–Crippen LogP) is 3.86. The first-order valence-corrected chi connectivity index (χ1v) is 11.6. The molecule has 168 valence electrons. The maximum absolute atomic E-state index is 5.80. The normalized spacial score (nSPS) is 14.3. The number of morpholine rings is 1. The fourth-order valence-electron chi connectivity index (χ4n) is 3.70. The third-order valence-corrected chi connectivity index (χ3v) is 6.10. The van der Waals surface area contributed by atoms with E-state index in [0.29, 0.717) is 6.54 Å². The molecule has 31 heavy (non-hydrogen) atoms. The molecule has 0 radical (unpaired) electrons. The van der Waals surface area contributed by atoms with Crippen LogP contribution < -0.4 is 10.1 Å². The van der Waals surface area contributed by atoms with Gasteiger partial charge in [-0.2, -0.15) is 0 Å². The number of benzene rings is 2. The molecular weight excluding hydrogens is 406 g/mol. The van der Waals surface area contributed by atoms with Crippen molar-refractivity contribution in [1.82, 2.24) is 15.1 Å². The fraction of sp³-hybridized carbons (Fsp3) is 0.480. The molecule has 2 aromatic rings. The van der Waals surface area contributed by atoms with Crippen molar-refractivity contribution in [3.8, 4) is 5.75 Å². The van der Waals surface area contributed by atoms with E-state index in [1.807, 2.05) is 12.1 Å². The van der Waals surface area contributed by atoms with Crippen molar-refractivity contribution in [2.75, 3.05) is 46.5 Å². The van der Waals surface area contributed by atoms with Crippen LogP contribution >= 0.6 is 12.2 Å². The van der Waals surface area contributed by atoms with Gasteiger partial charge in [0, 0.05) is 39.3 Å². The van der Waals surface area contributed by atoms with Crippen molar-refractivity contribution >= 4 is 17.3 Å². The highest BCUT2D eigenvalue weighted by Gasteiger charge is 2.14. The number of rotatable bonds is 10. The quantitative estimate of drug-likeness (QED) is 0.565. The lowest BCUT2D eigenvalue weighted by molar-refractivity contribution is 0.0367. The van der Waals surface area contributed by atoms with E-state index in [1.54, 1.807) is 7.11 Å². The second-order valence-corrected chi connectivity index (χ2v) is 8.29. The molecule has 0 spiro atoms. The van der Waals surface area contributed by atoms with E-state index in [2.05, 4.69) is 58.4 Å². The molecule has 1 saturated heterocycles. The maximum atomic E-state index is 5.80. The second-order valence-electron chi connectivity index (χ2n) is 7.91. The van der Waals surface area contributed by atoms with Crippen molar-refractivity contribution in [2.24, 2.45) is 0 Å². The summed E-state index contributed by atoms with van der Waals surface area (Å²) in [6.07, 6.45) is 2.14. The SMILES string of the molecule is CCc1ccc(CN(CCCN2CCOCC2)C(=S)NCc2ccc(OC)cc2)cc1. The summed E-state index contributed by atoms with van der Waals surface area (Å²) >= 11 is 5.80. The van der Waals surface area contributed by atoms with E-state index >= 15 is 0 Å². The summed E-state index contributed by atoms with van der Waals surface area (Å²) in [4.78, 5) is 4.77. The first kappa shape index (κ1) is 23.5. The second kappa shape index (κ2) is 12.6. The maximum Gasteiger partial charge on any atom is 0.169 e. The van der Waals surface area contributed by atoms with Crippen LogP contribution in [0.2, 0.25) is 0 Å². The average molecular weight is 442 g/mol. The average Bonchev–Trinajstić information content (AvgIpc) is 2.83. The minimum absolute atomic E-state index is 0.706. The lowest BCUT2D eigenvalue weighted by atomic mass is 10.1. The molecular formula is C25H35N3O2S. The van der Waals surface area contributed by atoms with Gasteiger partial charge in [-0.05, 0) is 53.9 Å². The molecule has 0 atom stereocenters. The Bertz CT molecular complexity index is 789. The number of aryl methyl sites for hydroxylation is 1. The lowest BCUT2D eigenvalue weighted by Gasteiger charge is -2.29. The fourth-order valence-corrected chi connectivity index (χ4v) is 3.92. The molecule has 0 amide bonds. The molecule has 0 saturated carbocycles. The van der Waals surface area contributed by atoms with Gasteiger partial charge in [0.25, 0.3) is 0 Å². The van der Waals surface area contributed by atoms with Crippen molar-refractivity contribution in [1.29, 1.82) is 0 Å². The van der Waals surface area contributed by atoms with E-state index in [4.69, 9.17) is 21.7 Å². The van der Waals surface area contributed by atoms with Gasteiger partial charge in [-0.15, -0.1) is 0 Å². The third kappa shape index (κ3) is 7.80. The third-order valence-electron chi connectivity index (χ3n) is 5.70. The summed E-state index contributed by atoms with van der Waals surface area (Å²) < 4.78 is 10.7. The van der Waals surface area contributed by atoms with Crippen LogP contribution in [0.1, 0.15) is 30.0 Å². The Hall–Kier alpha value is -2.15. The highest BCUT2D eigenvalue weighted by molar-refractivity contribution is 7.80. The number of ether oxygens (including phenoxy) is 2. The molecule has 2 aromatic carbocycles. The van der Waals surface area contributed by atoms with E-state index in [9.17, 15) is 0 Å². The van der Waals surface area contributed by atoms with Crippen LogP contribution in [-0.4, -0.2) is 61.4 Å². The van der Waals surface area contributed by atoms with Crippen LogP contribution in [-0.2, 0) is 24.2 Å². The number of methoxy groups -OCH3 is 1.